The highest BCUT2D eigenvalue weighted by molar-refractivity contribution is 5.66. The van der Waals surface area contributed by atoms with Crippen LogP contribution in [0.15, 0.2) is 97.6 Å². The quantitative estimate of drug-likeness (QED) is 0.159. The summed E-state index contributed by atoms with van der Waals surface area (Å²) in [4.78, 5) is 8.03. The lowest BCUT2D eigenvalue weighted by atomic mass is 9.87. The van der Waals surface area contributed by atoms with Crippen molar-refractivity contribution in [3.8, 4) is 6.07 Å². The van der Waals surface area contributed by atoms with Gasteiger partial charge in [-0.2, -0.15) is 15.5 Å². The summed E-state index contributed by atoms with van der Waals surface area (Å²) in [5, 5.41) is 30.4. The van der Waals surface area contributed by atoms with E-state index in [0.29, 0.717) is 47.3 Å². The summed E-state index contributed by atoms with van der Waals surface area (Å²) in [5.74, 6) is -0.873. The Morgan fingerprint density at radius 2 is 1.18 bits per heavy atom. The summed E-state index contributed by atoms with van der Waals surface area (Å²) >= 11 is 0. The molecule has 14 heteroatoms. The van der Waals surface area contributed by atoms with E-state index in [1.54, 1.807) is 21.2 Å². The van der Waals surface area contributed by atoms with E-state index in [1.165, 1.54) is 12.7 Å². The number of hydrogen-bond donors (Lipinski definition) is 3. The summed E-state index contributed by atoms with van der Waals surface area (Å²) in [6.45, 7) is 9.00. The van der Waals surface area contributed by atoms with Gasteiger partial charge in [-0.05, 0) is 48.2 Å². The molecule has 8 atom stereocenters. The summed E-state index contributed by atoms with van der Waals surface area (Å²) < 4.78 is 28.2. The van der Waals surface area contributed by atoms with Crippen LogP contribution >= 0.6 is 0 Å². The first-order chi connectivity index (χ1) is 26.6. The number of aromatic nitrogens is 6. The van der Waals surface area contributed by atoms with Gasteiger partial charge in [0.15, 0.2) is 11.6 Å². The minimum atomic E-state index is -1.62. The van der Waals surface area contributed by atoms with Crippen molar-refractivity contribution in [2.75, 3.05) is 11.5 Å². The van der Waals surface area contributed by atoms with Gasteiger partial charge in [-0.15, -0.1) is 0 Å². The molecule has 2 aliphatic heterocycles. The highest BCUT2D eigenvalue weighted by Crippen LogP contribution is 2.47. The van der Waals surface area contributed by atoms with Crippen molar-refractivity contribution in [2.45, 2.75) is 89.6 Å². The van der Waals surface area contributed by atoms with Crippen LogP contribution in [-0.4, -0.2) is 58.7 Å². The summed E-state index contributed by atoms with van der Waals surface area (Å²) in [6, 6.07) is 29.4. The Balaban J connectivity index is 0.000000169. The molecule has 0 bridgehead atoms. The van der Waals surface area contributed by atoms with Gasteiger partial charge in [-0.25, -0.2) is 19.0 Å². The molecule has 0 amide bonds. The predicted molar refractivity (Wildman–Crippen MR) is 205 cm³/mol. The zero-order valence-electron chi connectivity index (χ0n) is 31.4. The van der Waals surface area contributed by atoms with Gasteiger partial charge < -0.3 is 35.5 Å². The van der Waals surface area contributed by atoms with E-state index >= 15 is 0 Å². The lowest BCUT2D eigenvalue weighted by Crippen LogP contribution is -2.41. The second-order valence-electron chi connectivity index (χ2n) is 14.1. The molecule has 8 rings (SSSR count). The van der Waals surface area contributed by atoms with Crippen LogP contribution in [0.5, 0.6) is 0 Å². The second-order valence-corrected chi connectivity index (χ2v) is 14.1. The molecular formula is C41H47N9O5. The van der Waals surface area contributed by atoms with Crippen LogP contribution in [0.3, 0.4) is 0 Å². The highest BCUT2D eigenvalue weighted by Gasteiger charge is 2.57. The van der Waals surface area contributed by atoms with Gasteiger partial charge in [-0.3, -0.25) is 0 Å². The number of benzene rings is 2. The number of nitriles is 1. The van der Waals surface area contributed by atoms with Crippen molar-refractivity contribution in [2.24, 2.45) is 11.8 Å². The topological polar surface area (TPSA) is 193 Å². The summed E-state index contributed by atoms with van der Waals surface area (Å²) in [7, 11) is 0. The summed E-state index contributed by atoms with van der Waals surface area (Å²) in [6.07, 6.45) is 3.10. The van der Waals surface area contributed by atoms with Gasteiger partial charge in [0.1, 0.15) is 47.7 Å². The largest absolute Gasteiger partial charge is 0.382 e. The molecule has 0 aliphatic carbocycles. The normalized spacial score (nSPS) is 27.6. The molecule has 2 aromatic carbocycles. The van der Waals surface area contributed by atoms with E-state index in [-0.39, 0.29) is 24.0 Å². The summed E-state index contributed by atoms with van der Waals surface area (Å²) in [5.41, 5.74) is 15.1. The predicted octanol–water partition coefficient (Wildman–Crippen LogP) is 5.55. The molecule has 2 fully saturated rings. The average molecular weight is 746 g/mol. The Morgan fingerprint density at radius 3 is 1.71 bits per heavy atom. The Morgan fingerprint density at radius 1 is 0.709 bits per heavy atom. The molecule has 2 aliphatic rings. The highest BCUT2D eigenvalue weighted by atomic mass is 16.7. The smallest absolute Gasteiger partial charge is 0.237 e. The monoisotopic (exact) mass is 745 g/mol. The van der Waals surface area contributed by atoms with Crippen molar-refractivity contribution in [1.82, 2.24) is 29.2 Å². The fourth-order valence-electron chi connectivity index (χ4n) is 7.92. The van der Waals surface area contributed by atoms with E-state index in [1.807, 2.05) is 86.6 Å². The van der Waals surface area contributed by atoms with E-state index in [0.717, 1.165) is 24.0 Å². The first-order valence-corrected chi connectivity index (χ1v) is 18.6. The second kappa shape index (κ2) is 15.7. The van der Waals surface area contributed by atoms with Crippen molar-refractivity contribution >= 4 is 22.7 Å². The van der Waals surface area contributed by atoms with Gasteiger partial charge in [-0.1, -0.05) is 88.4 Å². The van der Waals surface area contributed by atoms with E-state index < -0.39 is 23.6 Å². The number of aliphatic hydroxyl groups is 1. The zero-order chi connectivity index (χ0) is 38.7. The number of ether oxygens (including phenoxy) is 4. The third-order valence-corrected chi connectivity index (χ3v) is 10.8. The van der Waals surface area contributed by atoms with E-state index in [4.69, 9.17) is 30.4 Å². The number of rotatable bonds is 10. The maximum atomic E-state index is 11.6. The third kappa shape index (κ3) is 6.90. The van der Waals surface area contributed by atoms with Crippen LogP contribution in [-0.2, 0) is 43.5 Å². The van der Waals surface area contributed by atoms with Crippen molar-refractivity contribution in [1.29, 1.82) is 5.26 Å². The molecule has 2 unspecified atom stereocenters. The molecule has 6 heterocycles. The molecule has 0 saturated carbocycles. The maximum absolute atomic E-state index is 11.6. The molecule has 2 saturated heterocycles. The van der Waals surface area contributed by atoms with Crippen LogP contribution in [0.25, 0.3) is 11.0 Å². The molecule has 5 N–H and O–H groups in total. The Kier molecular flexibility index (Phi) is 10.8. The number of fused-ring (bicyclic) bond motifs is 2. The fourth-order valence-corrected chi connectivity index (χ4v) is 7.92. The van der Waals surface area contributed by atoms with Gasteiger partial charge in [0.2, 0.25) is 11.4 Å². The van der Waals surface area contributed by atoms with Gasteiger partial charge in [0, 0.05) is 11.8 Å². The van der Waals surface area contributed by atoms with E-state index in [2.05, 4.69) is 40.1 Å². The molecule has 4 aromatic heterocycles. The number of anilines is 2. The third-order valence-electron chi connectivity index (χ3n) is 10.8. The molecule has 0 spiro atoms. The number of nitrogens with zero attached hydrogens (tertiary/aromatic N) is 7. The number of hydrogen-bond acceptors (Lipinski definition) is 12. The van der Waals surface area contributed by atoms with Crippen LogP contribution in [0.4, 0.5) is 11.6 Å². The minimum Gasteiger partial charge on any atom is -0.382 e. The molecular weight excluding hydrogens is 699 g/mol. The Hall–Kier alpha value is -5.43. The van der Waals surface area contributed by atoms with Gasteiger partial charge >= 0.3 is 0 Å². The van der Waals surface area contributed by atoms with Crippen LogP contribution < -0.4 is 11.5 Å². The lowest BCUT2D eigenvalue weighted by molar-refractivity contribution is -0.251. The van der Waals surface area contributed by atoms with Gasteiger partial charge in [0.05, 0.1) is 31.1 Å². The first kappa shape index (κ1) is 37.9. The Labute approximate surface area is 319 Å². The number of nitrogen functional groups attached to an aromatic ring is 2. The van der Waals surface area contributed by atoms with Crippen LogP contribution in [0.2, 0.25) is 0 Å². The molecule has 286 valence electrons. The maximum Gasteiger partial charge on any atom is 0.237 e. The standard InChI is InChI=1S/C21H23N5O2.C20H24N4O3/c1-3-17-14(2)19(27-11-15-7-5-4-6-8-15)21(12-22,28-17)18-10-9-16-20(23)24-13-25-26(16)18;1-3-16-13(2)18(26-11-14-7-5-4-6-8-14)20(25,27-16)17-10-9-15-19(21)22-12-23-24(15)17/h4-10,13-14,17,19H,3,11H2,1-2H3,(H2,23,24,25);4-10,12-13,16,18,25H,3,11H2,1-2H3,(H2,21,22,23)/t14-,17-,19-,21?;13-,16-,18-,20?/m11/s1. The Bertz CT molecular complexity index is 2260. The molecule has 55 heavy (non-hydrogen) atoms. The lowest BCUT2D eigenvalue weighted by Gasteiger charge is -2.29. The zero-order valence-corrected chi connectivity index (χ0v) is 31.4. The van der Waals surface area contributed by atoms with Gasteiger partial charge in [0.25, 0.3) is 0 Å². The minimum absolute atomic E-state index is 0.00782. The SMILES string of the molecule is CC[C@H]1OC(C#N)(c2ccc3c(N)ncnn23)[C@H](OCc2ccccc2)[C@@H]1C.CC[C@H]1OC(O)(c2ccc3c(N)ncnn23)[C@H](OCc2ccccc2)[C@@H]1C. The van der Waals surface area contributed by atoms with Crippen LogP contribution in [0, 0.1) is 23.2 Å². The molecule has 14 nitrogen and oxygen atoms in total. The first-order valence-electron chi connectivity index (χ1n) is 18.6. The molecule has 0 radical (unpaired) electrons. The van der Waals surface area contributed by atoms with E-state index in [9.17, 15) is 10.4 Å². The van der Waals surface area contributed by atoms with Crippen molar-refractivity contribution < 1.29 is 24.1 Å². The fraction of sp³-hybridized carbons (Fsp3) is 0.390. The van der Waals surface area contributed by atoms with Crippen molar-refractivity contribution in [3.05, 3.63) is 120 Å². The average Bonchev–Trinajstić information content (AvgIpc) is 3.97. The number of nitrogens with two attached hydrogens (primary N) is 2. The van der Waals surface area contributed by atoms with Crippen molar-refractivity contribution in [3.63, 3.8) is 0 Å². The van der Waals surface area contributed by atoms with Crippen LogP contribution in [0.1, 0.15) is 63.1 Å². The molecule has 6 aromatic rings.